The summed E-state index contributed by atoms with van der Waals surface area (Å²) in [7, 11) is 0. The fraction of sp³-hybridized carbons (Fsp3) is 0.263. The molecule has 0 saturated heterocycles. The zero-order valence-corrected chi connectivity index (χ0v) is 13.2. The summed E-state index contributed by atoms with van der Waals surface area (Å²) >= 11 is 0. The lowest BCUT2D eigenvalue weighted by Gasteiger charge is -2.19. The Morgan fingerprint density at radius 2 is 1.64 bits per heavy atom. The van der Waals surface area contributed by atoms with Crippen molar-refractivity contribution < 1.29 is 4.79 Å². The lowest BCUT2D eigenvalue weighted by atomic mass is 9.87. The highest BCUT2D eigenvalue weighted by atomic mass is 16.1. The molecule has 0 unspecified atom stereocenters. The van der Waals surface area contributed by atoms with E-state index >= 15 is 0 Å². The lowest BCUT2D eigenvalue weighted by molar-refractivity contribution is 0.102. The summed E-state index contributed by atoms with van der Waals surface area (Å²) in [4.78, 5) is 12.2. The Kier molecular flexibility index (Phi) is 4.62. The number of carbonyl (C=O) groups is 1. The Labute approximate surface area is 131 Å². The average Bonchev–Trinajstić information content (AvgIpc) is 2.49. The number of amides is 1. The van der Waals surface area contributed by atoms with Gasteiger partial charge in [0, 0.05) is 11.3 Å². The van der Waals surface area contributed by atoms with Crippen LogP contribution in [0.5, 0.6) is 0 Å². The summed E-state index contributed by atoms with van der Waals surface area (Å²) in [6.45, 7) is 6.43. The van der Waals surface area contributed by atoms with Crippen molar-refractivity contribution in [2.45, 2.75) is 32.6 Å². The number of nitrogens with one attached hydrogen (secondary N) is 1. The fourth-order valence-corrected chi connectivity index (χ4v) is 2.12. The minimum atomic E-state index is -0.131. The van der Waals surface area contributed by atoms with E-state index in [1.807, 2.05) is 48.5 Å². The Balaban J connectivity index is 2.07. The van der Waals surface area contributed by atoms with Crippen LogP contribution in [0.15, 0.2) is 48.5 Å². The van der Waals surface area contributed by atoms with Crippen LogP contribution in [0.25, 0.3) is 0 Å². The topological polar surface area (TPSA) is 52.9 Å². The molecule has 22 heavy (non-hydrogen) atoms. The highest BCUT2D eigenvalue weighted by molar-refractivity contribution is 6.04. The molecule has 0 aromatic heterocycles. The number of benzene rings is 2. The van der Waals surface area contributed by atoms with Gasteiger partial charge in [-0.05, 0) is 40.8 Å². The van der Waals surface area contributed by atoms with Gasteiger partial charge >= 0.3 is 0 Å². The molecule has 3 nitrogen and oxygen atoms in total. The summed E-state index contributed by atoms with van der Waals surface area (Å²) in [6.07, 6.45) is 0.377. The third-order valence-corrected chi connectivity index (χ3v) is 3.51. The van der Waals surface area contributed by atoms with Crippen molar-refractivity contribution in [2.24, 2.45) is 0 Å². The van der Waals surface area contributed by atoms with Crippen LogP contribution in [0.4, 0.5) is 5.69 Å². The normalized spacial score (nSPS) is 10.8. The van der Waals surface area contributed by atoms with E-state index in [0.29, 0.717) is 12.0 Å². The minimum absolute atomic E-state index is 0.0750. The number of rotatable bonds is 3. The lowest BCUT2D eigenvalue weighted by Crippen LogP contribution is -2.14. The third kappa shape index (κ3) is 3.95. The van der Waals surface area contributed by atoms with E-state index in [4.69, 9.17) is 5.26 Å². The first kappa shape index (κ1) is 15.8. The van der Waals surface area contributed by atoms with Gasteiger partial charge in [0.15, 0.2) is 0 Å². The van der Waals surface area contributed by atoms with Crippen LogP contribution in [0.3, 0.4) is 0 Å². The first-order chi connectivity index (χ1) is 10.4. The van der Waals surface area contributed by atoms with Gasteiger partial charge in [0.05, 0.1) is 12.5 Å². The highest BCUT2D eigenvalue weighted by Crippen LogP contribution is 2.22. The quantitative estimate of drug-likeness (QED) is 0.916. The van der Waals surface area contributed by atoms with Crippen LogP contribution in [-0.2, 0) is 11.8 Å². The Hall–Kier alpha value is -2.60. The number of nitriles is 1. The second-order valence-electron chi connectivity index (χ2n) is 6.31. The van der Waals surface area contributed by atoms with Gasteiger partial charge in [0.1, 0.15) is 0 Å². The standard InChI is InChI=1S/C19H20N2O/c1-19(2,3)16-8-6-15(7-9-16)18(22)21-17-10-4-14(5-11-17)12-13-20/h4-11H,12H2,1-3H3,(H,21,22). The largest absolute Gasteiger partial charge is 0.322 e. The van der Waals surface area contributed by atoms with Gasteiger partial charge in [0.25, 0.3) is 5.91 Å². The van der Waals surface area contributed by atoms with Gasteiger partial charge in [-0.3, -0.25) is 4.79 Å². The zero-order chi connectivity index (χ0) is 16.2. The summed E-state index contributed by atoms with van der Waals surface area (Å²) in [6, 6.07) is 17.1. The number of carbonyl (C=O) groups excluding carboxylic acids is 1. The molecule has 2 aromatic carbocycles. The van der Waals surface area contributed by atoms with E-state index in [0.717, 1.165) is 11.3 Å². The van der Waals surface area contributed by atoms with Crippen molar-refractivity contribution >= 4 is 11.6 Å². The minimum Gasteiger partial charge on any atom is -0.322 e. The summed E-state index contributed by atoms with van der Waals surface area (Å²) in [5.74, 6) is -0.131. The molecule has 0 aliphatic carbocycles. The Morgan fingerprint density at radius 3 is 2.14 bits per heavy atom. The molecule has 2 rings (SSSR count). The third-order valence-electron chi connectivity index (χ3n) is 3.51. The van der Waals surface area contributed by atoms with Gasteiger partial charge in [-0.15, -0.1) is 0 Å². The van der Waals surface area contributed by atoms with Crippen molar-refractivity contribution in [1.82, 2.24) is 0 Å². The zero-order valence-electron chi connectivity index (χ0n) is 13.2. The van der Waals surface area contributed by atoms with Crippen molar-refractivity contribution in [2.75, 3.05) is 5.32 Å². The van der Waals surface area contributed by atoms with Gasteiger partial charge < -0.3 is 5.32 Å². The molecule has 0 saturated carbocycles. The summed E-state index contributed by atoms with van der Waals surface area (Å²) in [5, 5.41) is 11.5. The Morgan fingerprint density at radius 1 is 1.05 bits per heavy atom. The first-order valence-electron chi connectivity index (χ1n) is 7.28. The molecule has 0 radical (unpaired) electrons. The summed E-state index contributed by atoms with van der Waals surface area (Å²) in [5.41, 5.74) is 3.58. The van der Waals surface area contributed by atoms with Crippen LogP contribution in [0.1, 0.15) is 42.3 Å². The number of nitrogens with zero attached hydrogens (tertiary/aromatic N) is 1. The average molecular weight is 292 g/mol. The van der Waals surface area contributed by atoms with E-state index in [1.54, 1.807) is 0 Å². The molecular formula is C19H20N2O. The van der Waals surface area contributed by atoms with Gasteiger partial charge in [-0.1, -0.05) is 45.0 Å². The van der Waals surface area contributed by atoms with Crippen LogP contribution in [-0.4, -0.2) is 5.91 Å². The van der Waals surface area contributed by atoms with E-state index in [9.17, 15) is 4.79 Å². The predicted molar refractivity (Wildman–Crippen MR) is 88.9 cm³/mol. The molecule has 1 amide bonds. The van der Waals surface area contributed by atoms with Gasteiger partial charge in [0.2, 0.25) is 0 Å². The molecule has 0 atom stereocenters. The maximum atomic E-state index is 12.2. The number of anilines is 1. The molecule has 0 bridgehead atoms. The molecule has 2 aromatic rings. The maximum absolute atomic E-state index is 12.2. The molecule has 112 valence electrons. The van der Waals surface area contributed by atoms with Gasteiger partial charge in [-0.25, -0.2) is 0 Å². The molecular weight excluding hydrogens is 272 g/mol. The molecule has 0 aliphatic heterocycles. The fourth-order valence-electron chi connectivity index (χ4n) is 2.12. The summed E-state index contributed by atoms with van der Waals surface area (Å²) < 4.78 is 0. The molecule has 3 heteroatoms. The highest BCUT2D eigenvalue weighted by Gasteiger charge is 2.14. The van der Waals surface area contributed by atoms with E-state index in [1.165, 1.54) is 5.56 Å². The molecule has 0 aliphatic rings. The van der Waals surface area contributed by atoms with E-state index in [-0.39, 0.29) is 11.3 Å². The first-order valence-corrected chi connectivity index (χ1v) is 7.28. The van der Waals surface area contributed by atoms with Crippen LogP contribution >= 0.6 is 0 Å². The van der Waals surface area contributed by atoms with Crippen LogP contribution in [0, 0.1) is 11.3 Å². The molecule has 0 spiro atoms. The Bertz CT molecular complexity index is 686. The molecule has 1 N–H and O–H groups in total. The predicted octanol–water partition coefficient (Wildman–Crippen LogP) is 4.30. The van der Waals surface area contributed by atoms with Crippen molar-refractivity contribution in [3.05, 3.63) is 65.2 Å². The van der Waals surface area contributed by atoms with E-state index < -0.39 is 0 Å². The van der Waals surface area contributed by atoms with Crippen LogP contribution < -0.4 is 5.32 Å². The van der Waals surface area contributed by atoms with Crippen molar-refractivity contribution in [1.29, 1.82) is 5.26 Å². The monoisotopic (exact) mass is 292 g/mol. The van der Waals surface area contributed by atoms with Crippen molar-refractivity contribution in [3.63, 3.8) is 0 Å². The number of hydrogen-bond donors (Lipinski definition) is 1. The van der Waals surface area contributed by atoms with Crippen molar-refractivity contribution in [3.8, 4) is 6.07 Å². The maximum Gasteiger partial charge on any atom is 0.255 e. The number of hydrogen-bond acceptors (Lipinski definition) is 2. The SMILES string of the molecule is CC(C)(C)c1ccc(C(=O)Nc2ccc(CC#N)cc2)cc1. The van der Waals surface area contributed by atoms with Gasteiger partial charge in [-0.2, -0.15) is 5.26 Å². The smallest absolute Gasteiger partial charge is 0.255 e. The second-order valence-corrected chi connectivity index (χ2v) is 6.31. The molecule has 0 fully saturated rings. The molecule has 0 heterocycles. The second kappa shape index (κ2) is 6.44. The van der Waals surface area contributed by atoms with Crippen LogP contribution in [0.2, 0.25) is 0 Å². The van der Waals surface area contributed by atoms with E-state index in [2.05, 4.69) is 32.2 Å².